The van der Waals surface area contributed by atoms with Gasteiger partial charge >= 0.3 is 0 Å². The number of hydrogen-bond donors (Lipinski definition) is 2. The zero-order valence-corrected chi connectivity index (χ0v) is 11.2. The van der Waals surface area contributed by atoms with Crippen LogP contribution in [0.3, 0.4) is 0 Å². The molecule has 100 valence electrons. The number of likely N-dealkylation sites (N-methyl/N-ethyl adjacent to an activating group) is 1. The van der Waals surface area contributed by atoms with Gasteiger partial charge in [0.05, 0.1) is 11.4 Å². The highest BCUT2D eigenvalue weighted by Gasteiger charge is 2.27. The van der Waals surface area contributed by atoms with Gasteiger partial charge in [0, 0.05) is 19.1 Å². The van der Waals surface area contributed by atoms with Crippen molar-refractivity contribution >= 4 is 11.4 Å². The molecule has 0 aliphatic heterocycles. The van der Waals surface area contributed by atoms with Crippen molar-refractivity contribution in [2.24, 2.45) is 0 Å². The SMILES string of the molecule is CCN(CCNc1cc(C)c(F)cc1N)C1CC1. The number of anilines is 2. The summed E-state index contributed by atoms with van der Waals surface area (Å²) >= 11 is 0. The van der Waals surface area contributed by atoms with Crippen LogP contribution in [0.5, 0.6) is 0 Å². The third-order valence-electron chi connectivity index (χ3n) is 3.51. The molecule has 3 N–H and O–H groups in total. The lowest BCUT2D eigenvalue weighted by molar-refractivity contribution is 0.289. The Hall–Kier alpha value is -1.29. The summed E-state index contributed by atoms with van der Waals surface area (Å²) in [7, 11) is 0. The zero-order valence-electron chi connectivity index (χ0n) is 11.2. The van der Waals surface area contributed by atoms with Gasteiger partial charge in [-0.2, -0.15) is 0 Å². The van der Waals surface area contributed by atoms with Crippen LogP contribution in [-0.2, 0) is 0 Å². The van der Waals surface area contributed by atoms with E-state index in [1.54, 1.807) is 13.0 Å². The Labute approximate surface area is 108 Å². The molecule has 0 radical (unpaired) electrons. The summed E-state index contributed by atoms with van der Waals surface area (Å²) in [6, 6.07) is 3.94. The number of nitrogens with two attached hydrogens (primary N) is 1. The van der Waals surface area contributed by atoms with Crippen LogP contribution in [0.2, 0.25) is 0 Å². The molecular weight excluding hydrogens is 229 g/mol. The number of hydrogen-bond acceptors (Lipinski definition) is 3. The Balaban J connectivity index is 1.87. The normalized spacial score (nSPS) is 15.1. The van der Waals surface area contributed by atoms with Crippen LogP contribution in [0.15, 0.2) is 12.1 Å². The third-order valence-corrected chi connectivity index (χ3v) is 3.51. The first-order valence-corrected chi connectivity index (χ1v) is 6.65. The smallest absolute Gasteiger partial charge is 0.128 e. The van der Waals surface area contributed by atoms with E-state index in [2.05, 4.69) is 17.1 Å². The fourth-order valence-corrected chi connectivity index (χ4v) is 2.22. The Bertz CT molecular complexity index is 416. The lowest BCUT2D eigenvalue weighted by Gasteiger charge is -2.20. The van der Waals surface area contributed by atoms with Gasteiger partial charge < -0.3 is 11.1 Å². The highest BCUT2D eigenvalue weighted by atomic mass is 19.1. The van der Waals surface area contributed by atoms with Crippen molar-refractivity contribution in [2.45, 2.75) is 32.7 Å². The molecule has 1 fully saturated rings. The zero-order chi connectivity index (χ0) is 13.1. The number of rotatable bonds is 6. The van der Waals surface area contributed by atoms with Crippen molar-refractivity contribution < 1.29 is 4.39 Å². The molecule has 0 amide bonds. The van der Waals surface area contributed by atoms with Crippen LogP contribution in [0.25, 0.3) is 0 Å². The van der Waals surface area contributed by atoms with Crippen molar-refractivity contribution in [3.63, 3.8) is 0 Å². The molecule has 1 aromatic carbocycles. The molecule has 0 unspecified atom stereocenters. The van der Waals surface area contributed by atoms with Gasteiger partial charge in [-0.15, -0.1) is 0 Å². The predicted octanol–water partition coefficient (Wildman–Crippen LogP) is 2.61. The maximum absolute atomic E-state index is 13.3. The molecule has 18 heavy (non-hydrogen) atoms. The maximum atomic E-state index is 13.3. The van der Waals surface area contributed by atoms with E-state index >= 15 is 0 Å². The molecule has 0 bridgehead atoms. The average molecular weight is 251 g/mol. The molecule has 1 aromatic rings. The van der Waals surface area contributed by atoms with Gasteiger partial charge in [0.1, 0.15) is 5.82 Å². The maximum Gasteiger partial charge on any atom is 0.128 e. The first-order valence-electron chi connectivity index (χ1n) is 6.65. The fraction of sp³-hybridized carbons (Fsp3) is 0.571. The molecule has 0 aromatic heterocycles. The second-order valence-corrected chi connectivity index (χ2v) is 4.98. The monoisotopic (exact) mass is 251 g/mol. The van der Waals surface area contributed by atoms with Gasteiger partial charge in [-0.05, 0) is 44.0 Å². The van der Waals surface area contributed by atoms with Crippen molar-refractivity contribution in [2.75, 3.05) is 30.7 Å². The van der Waals surface area contributed by atoms with Gasteiger partial charge in [-0.3, -0.25) is 4.90 Å². The summed E-state index contributed by atoms with van der Waals surface area (Å²) in [5, 5.41) is 3.30. The molecule has 0 spiro atoms. The number of aryl methyl sites for hydroxylation is 1. The summed E-state index contributed by atoms with van der Waals surface area (Å²) in [4.78, 5) is 2.47. The topological polar surface area (TPSA) is 41.3 Å². The van der Waals surface area contributed by atoms with Crippen molar-refractivity contribution in [3.8, 4) is 0 Å². The fourth-order valence-electron chi connectivity index (χ4n) is 2.22. The minimum atomic E-state index is -0.244. The van der Waals surface area contributed by atoms with E-state index in [-0.39, 0.29) is 5.82 Å². The number of nitrogens with one attached hydrogen (secondary N) is 1. The molecule has 0 saturated heterocycles. The third kappa shape index (κ3) is 3.13. The molecule has 1 aliphatic rings. The standard InChI is InChI=1S/C14H22FN3/c1-3-18(11-4-5-11)7-6-17-14-8-10(2)12(15)9-13(14)16/h8-9,11,17H,3-7,16H2,1-2H3. The van der Waals surface area contributed by atoms with E-state index in [9.17, 15) is 4.39 Å². The molecule has 1 aliphatic carbocycles. The molecule has 1 saturated carbocycles. The van der Waals surface area contributed by atoms with Gasteiger partial charge in [0.25, 0.3) is 0 Å². The Kier molecular flexibility index (Phi) is 4.07. The van der Waals surface area contributed by atoms with Crippen LogP contribution in [0.4, 0.5) is 15.8 Å². The van der Waals surface area contributed by atoms with E-state index < -0.39 is 0 Å². The van der Waals surface area contributed by atoms with Crippen LogP contribution in [0.1, 0.15) is 25.3 Å². The lowest BCUT2D eigenvalue weighted by Crippen LogP contribution is -2.31. The summed E-state index contributed by atoms with van der Waals surface area (Å²) in [5.74, 6) is -0.244. The van der Waals surface area contributed by atoms with E-state index in [0.29, 0.717) is 11.3 Å². The summed E-state index contributed by atoms with van der Waals surface area (Å²) in [5.41, 5.74) is 7.74. The highest BCUT2D eigenvalue weighted by molar-refractivity contribution is 5.67. The first kappa shape index (κ1) is 13.1. The number of halogens is 1. The molecular formula is C14H22FN3. The quantitative estimate of drug-likeness (QED) is 0.764. The number of nitrogen functional groups attached to an aromatic ring is 1. The average Bonchev–Trinajstić information content (AvgIpc) is 3.15. The lowest BCUT2D eigenvalue weighted by atomic mass is 10.2. The minimum Gasteiger partial charge on any atom is -0.397 e. The van der Waals surface area contributed by atoms with Crippen molar-refractivity contribution in [3.05, 3.63) is 23.5 Å². The second-order valence-electron chi connectivity index (χ2n) is 4.98. The van der Waals surface area contributed by atoms with Crippen LogP contribution in [-0.4, -0.2) is 30.6 Å². The second kappa shape index (κ2) is 5.57. The van der Waals surface area contributed by atoms with E-state index in [1.807, 2.05) is 0 Å². The molecule has 0 heterocycles. The number of nitrogens with zero attached hydrogens (tertiary/aromatic N) is 1. The molecule has 3 nitrogen and oxygen atoms in total. The Morgan fingerprint density at radius 1 is 1.44 bits per heavy atom. The summed E-state index contributed by atoms with van der Waals surface area (Å²) in [6.45, 7) is 6.89. The van der Waals surface area contributed by atoms with Crippen LogP contribution < -0.4 is 11.1 Å². The first-order chi connectivity index (χ1) is 8.61. The van der Waals surface area contributed by atoms with Crippen LogP contribution >= 0.6 is 0 Å². The predicted molar refractivity (Wildman–Crippen MR) is 74.3 cm³/mol. The molecule has 4 heteroatoms. The largest absolute Gasteiger partial charge is 0.397 e. The van der Waals surface area contributed by atoms with Gasteiger partial charge in [0.15, 0.2) is 0 Å². The summed E-state index contributed by atoms with van der Waals surface area (Å²) in [6.07, 6.45) is 2.65. The summed E-state index contributed by atoms with van der Waals surface area (Å²) < 4.78 is 13.3. The van der Waals surface area contributed by atoms with Gasteiger partial charge in [-0.25, -0.2) is 4.39 Å². The van der Waals surface area contributed by atoms with Crippen molar-refractivity contribution in [1.82, 2.24) is 4.90 Å². The van der Waals surface area contributed by atoms with Crippen molar-refractivity contribution in [1.29, 1.82) is 0 Å². The molecule has 2 rings (SSSR count). The Morgan fingerprint density at radius 3 is 2.78 bits per heavy atom. The van der Waals surface area contributed by atoms with Gasteiger partial charge in [0.2, 0.25) is 0 Å². The van der Waals surface area contributed by atoms with E-state index in [1.165, 1.54) is 18.9 Å². The highest BCUT2D eigenvalue weighted by Crippen LogP contribution is 2.26. The van der Waals surface area contributed by atoms with E-state index in [0.717, 1.165) is 31.4 Å². The van der Waals surface area contributed by atoms with E-state index in [4.69, 9.17) is 5.73 Å². The minimum absolute atomic E-state index is 0.244. The number of benzene rings is 1. The van der Waals surface area contributed by atoms with Crippen LogP contribution in [0, 0.1) is 12.7 Å². The molecule has 0 atom stereocenters. The van der Waals surface area contributed by atoms with Gasteiger partial charge in [-0.1, -0.05) is 6.92 Å². The Morgan fingerprint density at radius 2 is 2.17 bits per heavy atom.